The van der Waals surface area contributed by atoms with Gasteiger partial charge >= 0.3 is 0 Å². The minimum absolute atomic E-state index is 0. The summed E-state index contributed by atoms with van der Waals surface area (Å²) in [6.07, 6.45) is 25.9. The van der Waals surface area contributed by atoms with Crippen LogP contribution in [0.4, 0.5) is 0 Å². The van der Waals surface area contributed by atoms with Crippen molar-refractivity contribution in [1.29, 1.82) is 0 Å². The van der Waals surface area contributed by atoms with Gasteiger partial charge in [0.05, 0.1) is 0 Å². The van der Waals surface area contributed by atoms with Crippen molar-refractivity contribution in [2.45, 2.75) is 129 Å². The summed E-state index contributed by atoms with van der Waals surface area (Å²) in [5.74, 6) is 0. The zero-order chi connectivity index (χ0) is 17.7. The molecule has 0 aliphatic carbocycles. The van der Waals surface area contributed by atoms with Gasteiger partial charge in [-0.1, -0.05) is 117 Å². The molecule has 2 heteroatoms. The molecule has 0 aromatic rings. The van der Waals surface area contributed by atoms with Crippen LogP contribution in [-0.4, -0.2) is 25.0 Å². The third-order valence-corrected chi connectivity index (χ3v) is 5.29. The molecule has 0 fully saturated rings. The molecule has 0 aromatic carbocycles. The van der Waals surface area contributed by atoms with Crippen molar-refractivity contribution in [3.8, 4) is 0 Å². The molecular weight excluding hydrogens is 326 g/mol. The molecule has 0 aliphatic heterocycles. The third kappa shape index (κ3) is 24.2. The minimum atomic E-state index is 0. The number of rotatable bonds is 20. The maximum atomic E-state index is 2.56. The molecule has 0 bridgehead atoms. The molecule has 1 nitrogen and oxygen atoms in total. The van der Waals surface area contributed by atoms with Crippen molar-refractivity contribution >= 4 is 12.4 Å². The van der Waals surface area contributed by atoms with E-state index in [0.717, 1.165) is 0 Å². The van der Waals surface area contributed by atoms with Gasteiger partial charge in [-0.25, -0.2) is 0 Å². The molecule has 0 unspecified atom stereocenters. The molecule has 0 saturated carbocycles. The zero-order valence-corrected chi connectivity index (χ0v) is 18.8. The van der Waals surface area contributed by atoms with Crippen LogP contribution >= 0.6 is 12.4 Å². The molecule has 0 N–H and O–H groups in total. The zero-order valence-electron chi connectivity index (χ0n) is 18.0. The quantitative estimate of drug-likeness (QED) is 0.193. The van der Waals surface area contributed by atoms with Gasteiger partial charge < -0.3 is 4.90 Å². The first-order valence-electron chi connectivity index (χ1n) is 11.5. The van der Waals surface area contributed by atoms with Crippen LogP contribution in [0.2, 0.25) is 0 Å². The Morgan fingerprint density at radius 2 is 0.640 bits per heavy atom. The molecule has 0 rings (SSSR count). The predicted molar refractivity (Wildman–Crippen MR) is 119 cm³/mol. The lowest BCUT2D eigenvalue weighted by Gasteiger charge is -2.16. The fourth-order valence-corrected chi connectivity index (χ4v) is 3.50. The lowest BCUT2D eigenvalue weighted by molar-refractivity contribution is 0.314. The SMILES string of the molecule is CCCCCCCCCCCN(C)CCCCCCCCCCC.Cl. The van der Waals surface area contributed by atoms with Crippen molar-refractivity contribution in [1.82, 2.24) is 4.90 Å². The number of hydrogen-bond acceptors (Lipinski definition) is 1. The molecule has 154 valence electrons. The topological polar surface area (TPSA) is 3.24 Å². The maximum absolute atomic E-state index is 2.56. The number of halogens is 1. The Hall–Kier alpha value is 0.250. The van der Waals surface area contributed by atoms with Crippen molar-refractivity contribution in [3.63, 3.8) is 0 Å². The first-order chi connectivity index (χ1) is 11.8. The number of nitrogens with zero attached hydrogens (tertiary/aromatic N) is 1. The van der Waals surface area contributed by atoms with Crippen LogP contribution in [0.3, 0.4) is 0 Å². The molecule has 0 atom stereocenters. The fraction of sp³-hybridized carbons (Fsp3) is 1.00. The Kier molecular flexibility index (Phi) is 26.6. The van der Waals surface area contributed by atoms with Crippen LogP contribution in [0, 0.1) is 0 Å². The lowest BCUT2D eigenvalue weighted by Crippen LogP contribution is -2.20. The van der Waals surface area contributed by atoms with E-state index >= 15 is 0 Å². The molecule has 0 saturated heterocycles. The summed E-state index contributed by atoms with van der Waals surface area (Å²) in [6.45, 7) is 7.22. The third-order valence-electron chi connectivity index (χ3n) is 5.29. The standard InChI is InChI=1S/C23H49N.ClH/c1-4-6-8-10-12-14-16-18-20-22-24(3)23-21-19-17-15-13-11-9-7-5-2;/h4-23H2,1-3H3;1H. The smallest absolute Gasteiger partial charge is 0.00218 e. The van der Waals surface area contributed by atoms with Gasteiger partial charge in [0.15, 0.2) is 0 Å². The van der Waals surface area contributed by atoms with Crippen LogP contribution in [0.15, 0.2) is 0 Å². The molecule has 0 amide bonds. The largest absolute Gasteiger partial charge is 0.306 e. The summed E-state index contributed by atoms with van der Waals surface area (Å²) in [6, 6.07) is 0. The minimum Gasteiger partial charge on any atom is -0.306 e. The van der Waals surface area contributed by atoms with Crippen molar-refractivity contribution in [2.24, 2.45) is 0 Å². The first kappa shape index (κ1) is 27.5. The predicted octanol–water partition coefficient (Wildman–Crippen LogP) is 8.40. The molecule has 0 aliphatic rings. The summed E-state index contributed by atoms with van der Waals surface area (Å²) in [5, 5.41) is 0. The average molecular weight is 376 g/mol. The second-order valence-electron chi connectivity index (χ2n) is 7.96. The van der Waals surface area contributed by atoms with Crippen molar-refractivity contribution in [2.75, 3.05) is 20.1 Å². The van der Waals surface area contributed by atoms with E-state index in [9.17, 15) is 0 Å². The van der Waals surface area contributed by atoms with Gasteiger partial charge in [0, 0.05) is 0 Å². The van der Waals surface area contributed by atoms with Crippen molar-refractivity contribution < 1.29 is 0 Å². The lowest BCUT2D eigenvalue weighted by atomic mass is 10.1. The van der Waals surface area contributed by atoms with E-state index in [0.29, 0.717) is 0 Å². The number of unbranched alkanes of at least 4 members (excludes halogenated alkanes) is 16. The normalized spacial score (nSPS) is 11.0. The van der Waals surface area contributed by atoms with Gasteiger partial charge in [-0.3, -0.25) is 0 Å². The molecule has 0 aromatic heterocycles. The van der Waals surface area contributed by atoms with E-state index in [2.05, 4.69) is 25.8 Å². The second-order valence-corrected chi connectivity index (χ2v) is 7.96. The highest BCUT2D eigenvalue weighted by molar-refractivity contribution is 5.85. The van der Waals surface area contributed by atoms with Crippen LogP contribution in [-0.2, 0) is 0 Å². The molecular formula is C23H50ClN. The highest BCUT2D eigenvalue weighted by Gasteiger charge is 1.99. The Bertz CT molecular complexity index is 198. The summed E-state index contributed by atoms with van der Waals surface area (Å²) < 4.78 is 0. The van der Waals surface area contributed by atoms with Gasteiger partial charge in [0.2, 0.25) is 0 Å². The van der Waals surface area contributed by atoms with E-state index in [1.54, 1.807) is 0 Å². The van der Waals surface area contributed by atoms with Crippen LogP contribution in [0.5, 0.6) is 0 Å². The van der Waals surface area contributed by atoms with E-state index in [1.807, 2.05) is 0 Å². The van der Waals surface area contributed by atoms with Crippen molar-refractivity contribution in [3.05, 3.63) is 0 Å². The summed E-state index contributed by atoms with van der Waals surface area (Å²) in [5.41, 5.74) is 0. The average Bonchev–Trinajstić information content (AvgIpc) is 2.59. The van der Waals surface area contributed by atoms with Crippen LogP contribution < -0.4 is 0 Å². The molecule has 0 radical (unpaired) electrons. The molecule has 25 heavy (non-hydrogen) atoms. The van der Waals surface area contributed by atoms with E-state index < -0.39 is 0 Å². The monoisotopic (exact) mass is 375 g/mol. The van der Waals surface area contributed by atoms with Gasteiger partial charge in [0.25, 0.3) is 0 Å². The van der Waals surface area contributed by atoms with Gasteiger partial charge in [-0.05, 0) is 33.0 Å². The summed E-state index contributed by atoms with van der Waals surface area (Å²) in [4.78, 5) is 2.56. The number of hydrogen-bond donors (Lipinski definition) is 0. The van der Waals surface area contributed by atoms with E-state index in [4.69, 9.17) is 0 Å². The Morgan fingerprint density at radius 1 is 0.400 bits per heavy atom. The first-order valence-corrected chi connectivity index (χ1v) is 11.5. The van der Waals surface area contributed by atoms with E-state index in [-0.39, 0.29) is 12.4 Å². The molecule has 0 heterocycles. The van der Waals surface area contributed by atoms with Gasteiger partial charge in [-0.15, -0.1) is 12.4 Å². The Balaban J connectivity index is 0. The van der Waals surface area contributed by atoms with Crippen LogP contribution in [0.25, 0.3) is 0 Å². The maximum Gasteiger partial charge on any atom is -0.00218 e. The van der Waals surface area contributed by atoms with Gasteiger partial charge in [-0.2, -0.15) is 0 Å². The molecule has 0 spiro atoms. The Morgan fingerprint density at radius 3 is 0.920 bits per heavy atom. The highest BCUT2D eigenvalue weighted by atomic mass is 35.5. The fourth-order valence-electron chi connectivity index (χ4n) is 3.50. The summed E-state index contributed by atoms with van der Waals surface area (Å²) in [7, 11) is 2.31. The summed E-state index contributed by atoms with van der Waals surface area (Å²) >= 11 is 0. The van der Waals surface area contributed by atoms with Crippen LogP contribution in [0.1, 0.15) is 129 Å². The van der Waals surface area contributed by atoms with E-state index in [1.165, 1.54) is 129 Å². The van der Waals surface area contributed by atoms with Gasteiger partial charge in [0.1, 0.15) is 0 Å². The highest BCUT2D eigenvalue weighted by Crippen LogP contribution is 2.11. The Labute approximate surface area is 167 Å². The second kappa shape index (κ2) is 24.2.